The molecule has 0 aromatic heterocycles. The van der Waals surface area contributed by atoms with Gasteiger partial charge >= 0.3 is 0 Å². The van der Waals surface area contributed by atoms with Gasteiger partial charge < -0.3 is 24.8 Å². The number of hydrogen-bond donors (Lipinski definition) is 3. The average Bonchev–Trinajstić information content (AvgIpc) is 2.41. The lowest BCUT2D eigenvalue weighted by molar-refractivity contribution is -0.293. The topological polar surface area (TPSA) is 79.2 Å². The lowest BCUT2D eigenvalue weighted by Gasteiger charge is -2.38. The minimum atomic E-state index is -1.21. The summed E-state index contributed by atoms with van der Waals surface area (Å²) < 4.78 is 10.8. The predicted octanol–water partition coefficient (Wildman–Crippen LogP) is 1.19. The first-order valence-corrected chi connectivity index (χ1v) is 7.39. The van der Waals surface area contributed by atoms with Crippen molar-refractivity contribution in [2.24, 2.45) is 0 Å². The van der Waals surface area contributed by atoms with E-state index in [1.54, 1.807) is 6.92 Å². The fourth-order valence-electron chi connectivity index (χ4n) is 2.23. The van der Waals surface area contributed by atoms with Gasteiger partial charge in [0, 0.05) is 6.61 Å². The molecule has 1 fully saturated rings. The molecular formula is C14H28O5. The first kappa shape index (κ1) is 16.9. The molecule has 0 bridgehead atoms. The van der Waals surface area contributed by atoms with Crippen LogP contribution in [0.25, 0.3) is 0 Å². The maximum absolute atomic E-state index is 9.74. The van der Waals surface area contributed by atoms with Crippen molar-refractivity contribution >= 4 is 0 Å². The number of unbranched alkanes of at least 4 members (excludes halogenated alkanes) is 5. The number of ether oxygens (including phenoxy) is 2. The van der Waals surface area contributed by atoms with Gasteiger partial charge in [-0.25, -0.2) is 0 Å². The Labute approximate surface area is 115 Å². The lowest BCUT2D eigenvalue weighted by Crippen LogP contribution is -2.57. The van der Waals surface area contributed by atoms with Crippen molar-refractivity contribution in [3.8, 4) is 0 Å². The summed E-state index contributed by atoms with van der Waals surface area (Å²) in [6, 6.07) is 0. The summed E-state index contributed by atoms with van der Waals surface area (Å²) in [6.07, 6.45) is 2.13. The van der Waals surface area contributed by atoms with Crippen molar-refractivity contribution in [2.75, 3.05) is 6.61 Å². The summed E-state index contributed by atoms with van der Waals surface area (Å²) >= 11 is 0. The van der Waals surface area contributed by atoms with E-state index >= 15 is 0 Å². The number of rotatable bonds is 8. The molecule has 1 aliphatic heterocycles. The van der Waals surface area contributed by atoms with Crippen LogP contribution in [0.1, 0.15) is 52.4 Å². The highest BCUT2D eigenvalue weighted by Crippen LogP contribution is 2.22. The van der Waals surface area contributed by atoms with Gasteiger partial charge in [0.2, 0.25) is 0 Å². The second-order valence-electron chi connectivity index (χ2n) is 5.32. The zero-order valence-electron chi connectivity index (χ0n) is 12.0. The van der Waals surface area contributed by atoms with E-state index in [1.807, 2.05) is 0 Å². The highest BCUT2D eigenvalue weighted by Gasteiger charge is 2.42. The molecular weight excluding hydrogens is 248 g/mol. The second-order valence-corrected chi connectivity index (χ2v) is 5.32. The fraction of sp³-hybridized carbons (Fsp3) is 1.00. The summed E-state index contributed by atoms with van der Waals surface area (Å²) in [4.78, 5) is 0. The van der Waals surface area contributed by atoms with E-state index in [-0.39, 0.29) is 0 Å². The van der Waals surface area contributed by atoms with Crippen LogP contribution in [-0.4, -0.2) is 52.6 Å². The van der Waals surface area contributed by atoms with Gasteiger partial charge in [0.1, 0.15) is 18.3 Å². The van der Waals surface area contributed by atoms with Crippen LogP contribution in [0.4, 0.5) is 0 Å². The van der Waals surface area contributed by atoms with Crippen LogP contribution in [0.3, 0.4) is 0 Å². The summed E-state index contributed by atoms with van der Waals surface area (Å²) in [6.45, 7) is 4.34. The largest absolute Gasteiger partial charge is 0.388 e. The van der Waals surface area contributed by atoms with E-state index in [2.05, 4.69) is 6.92 Å². The lowest BCUT2D eigenvalue weighted by atomic mass is 10.00. The molecule has 0 unspecified atom stereocenters. The van der Waals surface area contributed by atoms with E-state index in [9.17, 15) is 15.3 Å². The Hall–Kier alpha value is -0.200. The van der Waals surface area contributed by atoms with Crippen LogP contribution >= 0.6 is 0 Å². The minimum Gasteiger partial charge on any atom is -0.388 e. The summed E-state index contributed by atoms with van der Waals surface area (Å²) in [5.74, 6) is 0. The summed E-state index contributed by atoms with van der Waals surface area (Å²) in [7, 11) is 0. The maximum atomic E-state index is 9.74. The van der Waals surface area contributed by atoms with Gasteiger partial charge in [0.05, 0.1) is 6.10 Å². The molecule has 1 saturated heterocycles. The van der Waals surface area contributed by atoms with E-state index in [0.717, 1.165) is 12.8 Å². The van der Waals surface area contributed by atoms with Gasteiger partial charge in [-0.1, -0.05) is 39.0 Å². The minimum absolute atomic E-state index is 0.503. The fourth-order valence-corrected chi connectivity index (χ4v) is 2.23. The molecule has 3 N–H and O–H groups in total. The van der Waals surface area contributed by atoms with Crippen molar-refractivity contribution in [3.63, 3.8) is 0 Å². The molecule has 0 aromatic carbocycles. The molecule has 5 atom stereocenters. The average molecular weight is 276 g/mol. The van der Waals surface area contributed by atoms with Crippen molar-refractivity contribution < 1.29 is 24.8 Å². The van der Waals surface area contributed by atoms with Gasteiger partial charge in [-0.2, -0.15) is 0 Å². The van der Waals surface area contributed by atoms with Crippen molar-refractivity contribution in [1.29, 1.82) is 0 Å². The van der Waals surface area contributed by atoms with Gasteiger partial charge in [0.15, 0.2) is 6.29 Å². The molecule has 1 heterocycles. The third kappa shape index (κ3) is 5.36. The monoisotopic (exact) mass is 276 g/mol. The van der Waals surface area contributed by atoms with E-state index in [1.165, 1.54) is 25.7 Å². The molecule has 0 radical (unpaired) electrons. The third-order valence-corrected chi connectivity index (χ3v) is 3.59. The molecule has 5 nitrogen and oxygen atoms in total. The molecule has 1 rings (SSSR count). The SMILES string of the molecule is CCCCCCCCO[C@@H]1O[C@H](C)[C@@H](O)[C@H](O)[C@H]1O. The first-order chi connectivity index (χ1) is 9.07. The maximum Gasteiger partial charge on any atom is 0.186 e. The Bertz CT molecular complexity index is 236. The number of hydrogen-bond acceptors (Lipinski definition) is 5. The quantitative estimate of drug-likeness (QED) is 0.580. The van der Waals surface area contributed by atoms with Gasteiger partial charge in [-0.15, -0.1) is 0 Å². The van der Waals surface area contributed by atoms with Crippen LogP contribution in [0.15, 0.2) is 0 Å². The normalized spacial score (nSPS) is 35.5. The van der Waals surface area contributed by atoms with Crippen molar-refractivity contribution in [3.05, 3.63) is 0 Å². The van der Waals surface area contributed by atoms with Crippen LogP contribution in [-0.2, 0) is 9.47 Å². The molecule has 0 aliphatic carbocycles. The Morgan fingerprint density at radius 3 is 2.21 bits per heavy atom. The molecule has 1 aliphatic rings. The van der Waals surface area contributed by atoms with E-state index < -0.39 is 30.7 Å². The van der Waals surface area contributed by atoms with Gasteiger partial charge in [0.25, 0.3) is 0 Å². The highest BCUT2D eigenvalue weighted by molar-refractivity contribution is 4.87. The predicted molar refractivity (Wildman–Crippen MR) is 71.7 cm³/mol. The van der Waals surface area contributed by atoms with Crippen LogP contribution < -0.4 is 0 Å². The molecule has 5 heteroatoms. The first-order valence-electron chi connectivity index (χ1n) is 7.39. The Balaban J connectivity index is 2.15. The number of aliphatic hydroxyl groups excluding tert-OH is 3. The van der Waals surface area contributed by atoms with Crippen LogP contribution in [0.5, 0.6) is 0 Å². The van der Waals surface area contributed by atoms with Crippen molar-refractivity contribution in [2.45, 2.75) is 83.1 Å². The van der Waals surface area contributed by atoms with E-state index in [0.29, 0.717) is 6.61 Å². The highest BCUT2D eigenvalue weighted by atomic mass is 16.7. The standard InChI is InChI=1S/C14H28O5/c1-3-4-5-6-7-8-9-18-14-13(17)12(16)11(15)10(2)19-14/h10-17H,3-9H2,1-2H3/t10-,11-,12+,13-,14-/m1/s1. The molecule has 114 valence electrons. The summed E-state index contributed by atoms with van der Waals surface area (Å²) in [5.41, 5.74) is 0. The number of aliphatic hydroxyl groups is 3. The Morgan fingerprint density at radius 1 is 0.895 bits per heavy atom. The molecule has 0 aromatic rings. The second kappa shape index (κ2) is 8.87. The molecule has 0 spiro atoms. The zero-order chi connectivity index (χ0) is 14.3. The third-order valence-electron chi connectivity index (χ3n) is 3.59. The Kier molecular flexibility index (Phi) is 7.87. The zero-order valence-corrected chi connectivity index (χ0v) is 12.0. The summed E-state index contributed by atoms with van der Waals surface area (Å²) in [5, 5.41) is 28.9. The van der Waals surface area contributed by atoms with Crippen molar-refractivity contribution in [1.82, 2.24) is 0 Å². The van der Waals surface area contributed by atoms with Gasteiger partial charge in [-0.3, -0.25) is 0 Å². The Morgan fingerprint density at radius 2 is 1.53 bits per heavy atom. The molecule has 19 heavy (non-hydrogen) atoms. The van der Waals surface area contributed by atoms with Gasteiger partial charge in [-0.05, 0) is 13.3 Å². The van der Waals surface area contributed by atoms with Crippen LogP contribution in [0, 0.1) is 0 Å². The molecule has 0 amide bonds. The smallest absolute Gasteiger partial charge is 0.186 e. The van der Waals surface area contributed by atoms with E-state index in [4.69, 9.17) is 9.47 Å². The van der Waals surface area contributed by atoms with Crippen LogP contribution in [0.2, 0.25) is 0 Å². The molecule has 0 saturated carbocycles.